The largest absolute Gasteiger partial charge is 0.309 e. The van der Waals surface area contributed by atoms with Gasteiger partial charge in [-0.3, -0.25) is 9.67 Å². The van der Waals surface area contributed by atoms with Gasteiger partial charge in [0.15, 0.2) is 0 Å². The van der Waals surface area contributed by atoms with E-state index in [9.17, 15) is 0 Å². The Morgan fingerprint density at radius 3 is 2.78 bits per heavy atom. The average molecular weight is 244 g/mol. The van der Waals surface area contributed by atoms with Gasteiger partial charge in [-0.25, -0.2) is 0 Å². The van der Waals surface area contributed by atoms with E-state index in [0.717, 1.165) is 25.1 Å². The van der Waals surface area contributed by atoms with Gasteiger partial charge in [0.1, 0.15) is 0 Å². The molecule has 0 amide bonds. The summed E-state index contributed by atoms with van der Waals surface area (Å²) in [5.74, 6) is 0. The summed E-state index contributed by atoms with van der Waals surface area (Å²) in [6.45, 7) is 3.09. The van der Waals surface area contributed by atoms with E-state index in [0.29, 0.717) is 6.04 Å². The van der Waals surface area contributed by atoms with Crippen molar-refractivity contribution in [3.05, 3.63) is 48.0 Å². The number of hydrogen-bond donors (Lipinski definition) is 1. The van der Waals surface area contributed by atoms with Crippen LogP contribution in [0.15, 0.2) is 36.7 Å². The fourth-order valence-electron chi connectivity index (χ4n) is 2.17. The standard InChI is InChI=1S/C14H20N4/c1-3-15-13(14-9-11-17-18(14)2)8-7-12-6-4-5-10-16-12/h4-6,9-11,13,15H,3,7-8H2,1-2H3. The molecule has 96 valence electrons. The Labute approximate surface area is 108 Å². The van der Waals surface area contributed by atoms with Crippen LogP contribution in [0.3, 0.4) is 0 Å². The molecule has 0 aliphatic heterocycles. The van der Waals surface area contributed by atoms with Crippen LogP contribution < -0.4 is 5.32 Å². The predicted octanol–water partition coefficient (Wildman–Crippen LogP) is 2.10. The monoisotopic (exact) mass is 244 g/mol. The fourth-order valence-corrected chi connectivity index (χ4v) is 2.17. The lowest BCUT2D eigenvalue weighted by molar-refractivity contribution is 0.478. The van der Waals surface area contributed by atoms with Crippen molar-refractivity contribution >= 4 is 0 Å². The van der Waals surface area contributed by atoms with Crippen molar-refractivity contribution in [2.24, 2.45) is 7.05 Å². The molecule has 0 saturated heterocycles. The molecule has 2 aromatic rings. The topological polar surface area (TPSA) is 42.7 Å². The minimum Gasteiger partial charge on any atom is -0.309 e. The zero-order valence-electron chi connectivity index (χ0n) is 11.0. The summed E-state index contributed by atoms with van der Waals surface area (Å²) in [5.41, 5.74) is 2.37. The Hall–Kier alpha value is -1.68. The van der Waals surface area contributed by atoms with Crippen LogP contribution in [0.25, 0.3) is 0 Å². The molecule has 0 radical (unpaired) electrons. The highest BCUT2D eigenvalue weighted by molar-refractivity contribution is 5.09. The minimum absolute atomic E-state index is 0.338. The van der Waals surface area contributed by atoms with E-state index in [2.05, 4.69) is 34.5 Å². The van der Waals surface area contributed by atoms with Crippen molar-refractivity contribution in [2.75, 3.05) is 6.54 Å². The van der Waals surface area contributed by atoms with Crippen molar-refractivity contribution in [3.63, 3.8) is 0 Å². The lowest BCUT2D eigenvalue weighted by atomic mass is 10.1. The molecular formula is C14H20N4. The zero-order valence-corrected chi connectivity index (χ0v) is 11.0. The molecule has 0 fully saturated rings. The summed E-state index contributed by atoms with van der Waals surface area (Å²) < 4.78 is 1.94. The molecule has 0 aliphatic carbocycles. The van der Waals surface area contributed by atoms with Crippen LogP contribution in [0.5, 0.6) is 0 Å². The number of hydrogen-bond acceptors (Lipinski definition) is 3. The number of nitrogens with zero attached hydrogens (tertiary/aromatic N) is 3. The van der Waals surface area contributed by atoms with Gasteiger partial charge < -0.3 is 5.32 Å². The summed E-state index contributed by atoms with van der Waals surface area (Å²) >= 11 is 0. The second kappa shape index (κ2) is 6.31. The first-order valence-electron chi connectivity index (χ1n) is 6.42. The summed E-state index contributed by atoms with van der Waals surface area (Å²) in [6, 6.07) is 8.48. The summed E-state index contributed by atoms with van der Waals surface area (Å²) in [5, 5.41) is 7.74. The van der Waals surface area contributed by atoms with Crippen LogP contribution in [-0.2, 0) is 13.5 Å². The van der Waals surface area contributed by atoms with Crippen LogP contribution in [-0.4, -0.2) is 21.3 Å². The van der Waals surface area contributed by atoms with Crippen molar-refractivity contribution < 1.29 is 0 Å². The maximum Gasteiger partial charge on any atom is 0.0550 e. The average Bonchev–Trinajstić information content (AvgIpc) is 2.82. The van der Waals surface area contributed by atoms with E-state index in [-0.39, 0.29) is 0 Å². The third-order valence-corrected chi connectivity index (χ3v) is 3.08. The van der Waals surface area contributed by atoms with Gasteiger partial charge in [-0.15, -0.1) is 0 Å². The zero-order chi connectivity index (χ0) is 12.8. The van der Waals surface area contributed by atoms with Gasteiger partial charge >= 0.3 is 0 Å². The molecule has 2 aromatic heterocycles. The molecule has 1 N–H and O–H groups in total. The van der Waals surface area contributed by atoms with Crippen LogP contribution in [0.1, 0.15) is 30.8 Å². The van der Waals surface area contributed by atoms with Gasteiger partial charge in [-0.05, 0) is 37.6 Å². The quantitative estimate of drug-likeness (QED) is 0.846. The molecule has 1 atom stereocenters. The highest BCUT2D eigenvalue weighted by Crippen LogP contribution is 2.17. The molecule has 18 heavy (non-hydrogen) atoms. The molecule has 4 nitrogen and oxygen atoms in total. The maximum atomic E-state index is 4.36. The Morgan fingerprint density at radius 2 is 2.17 bits per heavy atom. The van der Waals surface area contributed by atoms with Gasteiger partial charge in [-0.1, -0.05) is 13.0 Å². The lowest BCUT2D eigenvalue weighted by Crippen LogP contribution is -2.23. The molecule has 0 aliphatic rings. The number of nitrogens with one attached hydrogen (secondary N) is 1. The SMILES string of the molecule is CCNC(CCc1ccccn1)c1ccnn1C. The van der Waals surface area contributed by atoms with E-state index >= 15 is 0 Å². The Kier molecular flexibility index (Phi) is 4.47. The molecule has 0 saturated carbocycles. The van der Waals surface area contributed by atoms with Crippen LogP contribution in [0, 0.1) is 0 Å². The lowest BCUT2D eigenvalue weighted by Gasteiger charge is -2.17. The Bertz CT molecular complexity index is 464. The van der Waals surface area contributed by atoms with Gasteiger partial charge in [0.05, 0.1) is 5.69 Å². The van der Waals surface area contributed by atoms with Crippen molar-refractivity contribution in [2.45, 2.75) is 25.8 Å². The van der Waals surface area contributed by atoms with Gasteiger partial charge in [-0.2, -0.15) is 5.10 Å². The first-order chi connectivity index (χ1) is 8.81. The second-order valence-corrected chi connectivity index (χ2v) is 4.35. The molecule has 2 heterocycles. The third-order valence-electron chi connectivity index (χ3n) is 3.08. The van der Waals surface area contributed by atoms with Crippen LogP contribution in [0.4, 0.5) is 0 Å². The summed E-state index contributed by atoms with van der Waals surface area (Å²) in [7, 11) is 1.99. The van der Waals surface area contributed by atoms with E-state index in [1.807, 2.05) is 36.3 Å². The highest BCUT2D eigenvalue weighted by Gasteiger charge is 2.13. The fraction of sp³-hybridized carbons (Fsp3) is 0.429. The van der Waals surface area contributed by atoms with Crippen molar-refractivity contribution in [1.29, 1.82) is 0 Å². The first kappa shape index (κ1) is 12.8. The van der Waals surface area contributed by atoms with E-state index < -0.39 is 0 Å². The minimum atomic E-state index is 0.338. The summed E-state index contributed by atoms with van der Waals surface area (Å²) in [6.07, 6.45) is 5.70. The van der Waals surface area contributed by atoms with Gasteiger partial charge in [0.2, 0.25) is 0 Å². The third kappa shape index (κ3) is 3.17. The number of rotatable bonds is 6. The number of aromatic nitrogens is 3. The van der Waals surface area contributed by atoms with Gasteiger partial charge in [0, 0.05) is 31.2 Å². The van der Waals surface area contributed by atoms with Gasteiger partial charge in [0.25, 0.3) is 0 Å². The molecular weight excluding hydrogens is 224 g/mol. The number of pyridine rings is 1. The van der Waals surface area contributed by atoms with Crippen LogP contribution >= 0.6 is 0 Å². The highest BCUT2D eigenvalue weighted by atomic mass is 15.3. The Morgan fingerprint density at radius 1 is 1.28 bits per heavy atom. The molecule has 0 aromatic carbocycles. The smallest absolute Gasteiger partial charge is 0.0550 e. The molecule has 2 rings (SSSR count). The van der Waals surface area contributed by atoms with Crippen LogP contribution in [0.2, 0.25) is 0 Å². The predicted molar refractivity (Wildman–Crippen MR) is 72.2 cm³/mol. The molecule has 4 heteroatoms. The van der Waals surface area contributed by atoms with E-state index in [1.165, 1.54) is 5.69 Å². The van der Waals surface area contributed by atoms with E-state index in [1.54, 1.807) is 0 Å². The Balaban J connectivity index is 2.01. The molecule has 0 bridgehead atoms. The van der Waals surface area contributed by atoms with E-state index in [4.69, 9.17) is 0 Å². The maximum absolute atomic E-state index is 4.36. The normalized spacial score (nSPS) is 12.6. The van der Waals surface area contributed by atoms with Crippen molar-refractivity contribution in [3.8, 4) is 0 Å². The number of aryl methyl sites for hydroxylation is 2. The summed E-state index contributed by atoms with van der Waals surface area (Å²) in [4.78, 5) is 4.36. The molecule has 0 spiro atoms. The first-order valence-corrected chi connectivity index (χ1v) is 6.42. The molecule has 1 unspecified atom stereocenters. The van der Waals surface area contributed by atoms with Crippen molar-refractivity contribution in [1.82, 2.24) is 20.1 Å². The second-order valence-electron chi connectivity index (χ2n) is 4.35.